The van der Waals surface area contributed by atoms with Gasteiger partial charge in [0.2, 0.25) is 0 Å². The van der Waals surface area contributed by atoms with Gasteiger partial charge in [0.05, 0.1) is 18.1 Å². The lowest BCUT2D eigenvalue weighted by atomic mass is 10.1. The third-order valence-electron chi connectivity index (χ3n) is 2.53. The molecule has 0 aliphatic carbocycles. The van der Waals surface area contributed by atoms with Crippen LogP contribution in [0.2, 0.25) is 0 Å². The molecule has 1 atom stereocenters. The molecule has 0 heterocycles. The fraction of sp³-hybridized carbons (Fsp3) is 0.333. The molecule has 0 spiro atoms. The van der Waals surface area contributed by atoms with Crippen molar-refractivity contribution in [2.24, 2.45) is 0 Å². The summed E-state index contributed by atoms with van der Waals surface area (Å²) in [4.78, 5) is 13.5. The molecule has 90 valence electrons. The Hall–Kier alpha value is -1.16. The molecule has 1 aromatic carbocycles. The highest BCUT2D eigenvalue weighted by Crippen LogP contribution is 2.17. The summed E-state index contributed by atoms with van der Waals surface area (Å²) in [5, 5.41) is 8.59. The standard InChI is InChI=1S/C12H12FIN2O/c1-8(5-6-15)16(2)12(17)10-7-9(13)3-4-11(10)14/h3-4,7-8H,5H2,1-2H3. The summed E-state index contributed by atoms with van der Waals surface area (Å²) < 4.78 is 13.8. The first-order valence-electron chi connectivity index (χ1n) is 5.06. The van der Waals surface area contributed by atoms with E-state index in [2.05, 4.69) is 0 Å². The van der Waals surface area contributed by atoms with E-state index < -0.39 is 5.82 Å². The van der Waals surface area contributed by atoms with Crippen LogP contribution in [0.3, 0.4) is 0 Å². The normalized spacial score (nSPS) is 11.7. The summed E-state index contributed by atoms with van der Waals surface area (Å²) in [5.74, 6) is -0.702. The van der Waals surface area contributed by atoms with Crippen LogP contribution in [-0.2, 0) is 0 Å². The second kappa shape index (κ2) is 5.96. The topological polar surface area (TPSA) is 44.1 Å². The van der Waals surface area contributed by atoms with E-state index in [9.17, 15) is 9.18 Å². The van der Waals surface area contributed by atoms with Crippen molar-refractivity contribution in [3.8, 4) is 6.07 Å². The number of rotatable bonds is 3. The molecule has 3 nitrogen and oxygen atoms in total. The van der Waals surface area contributed by atoms with Crippen molar-refractivity contribution in [2.75, 3.05) is 7.05 Å². The monoisotopic (exact) mass is 346 g/mol. The minimum Gasteiger partial charge on any atom is -0.338 e. The first-order chi connectivity index (χ1) is 7.97. The zero-order chi connectivity index (χ0) is 13.0. The number of carbonyl (C=O) groups is 1. The van der Waals surface area contributed by atoms with Crippen molar-refractivity contribution in [1.29, 1.82) is 5.26 Å². The third-order valence-corrected chi connectivity index (χ3v) is 3.47. The first-order valence-corrected chi connectivity index (χ1v) is 6.14. The summed E-state index contributed by atoms with van der Waals surface area (Å²) in [6.07, 6.45) is 0.258. The minimum absolute atomic E-state index is 0.188. The van der Waals surface area contributed by atoms with Crippen LogP contribution in [0.4, 0.5) is 4.39 Å². The van der Waals surface area contributed by atoms with Gasteiger partial charge in [-0.3, -0.25) is 4.79 Å². The molecule has 0 fully saturated rings. The maximum atomic E-state index is 13.1. The predicted octanol–water partition coefficient (Wildman–Crippen LogP) is 2.80. The van der Waals surface area contributed by atoms with E-state index in [1.165, 1.54) is 17.0 Å². The van der Waals surface area contributed by atoms with Crippen LogP contribution in [-0.4, -0.2) is 23.9 Å². The Labute approximate surface area is 113 Å². The predicted molar refractivity (Wildman–Crippen MR) is 70.9 cm³/mol. The smallest absolute Gasteiger partial charge is 0.255 e. The molecule has 1 aromatic rings. The van der Waals surface area contributed by atoms with Gasteiger partial charge in [-0.25, -0.2) is 4.39 Å². The highest BCUT2D eigenvalue weighted by Gasteiger charge is 2.19. The quantitative estimate of drug-likeness (QED) is 0.790. The van der Waals surface area contributed by atoms with Gasteiger partial charge >= 0.3 is 0 Å². The van der Waals surface area contributed by atoms with Crippen LogP contribution in [0.1, 0.15) is 23.7 Å². The Bertz CT molecular complexity index is 470. The van der Waals surface area contributed by atoms with Gasteiger partial charge in [0, 0.05) is 16.7 Å². The molecular formula is C12H12FIN2O. The molecule has 0 saturated carbocycles. The average molecular weight is 346 g/mol. The number of carbonyl (C=O) groups excluding carboxylic acids is 1. The fourth-order valence-corrected chi connectivity index (χ4v) is 1.89. The molecule has 0 bridgehead atoms. The number of benzene rings is 1. The van der Waals surface area contributed by atoms with Crippen molar-refractivity contribution >= 4 is 28.5 Å². The zero-order valence-corrected chi connectivity index (χ0v) is 11.7. The Morgan fingerprint density at radius 3 is 2.88 bits per heavy atom. The first kappa shape index (κ1) is 13.9. The summed E-state index contributed by atoms with van der Waals surface area (Å²) in [7, 11) is 1.62. The maximum absolute atomic E-state index is 13.1. The Kier molecular flexibility index (Phi) is 4.87. The van der Waals surface area contributed by atoms with Crippen molar-refractivity contribution in [3.05, 3.63) is 33.1 Å². The van der Waals surface area contributed by atoms with Gasteiger partial charge in [0.25, 0.3) is 5.91 Å². The van der Waals surface area contributed by atoms with Crippen molar-refractivity contribution < 1.29 is 9.18 Å². The lowest BCUT2D eigenvalue weighted by Crippen LogP contribution is -2.35. The second-order valence-electron chi connectivity index (χ2n) is 3.75. The van der Waals surface area contributed by atoms with Gasteiger partial charge in [-0.05, 0) is 47.7 Å². The van der Waals surface area contributed by atoms with Crippen LogP contribution in [0.25, 0.3) is 0 Å². The Balaban J connectivity index is 2.96. The van der Waals surface area contributed by atoms with Gasteiger partial charge in [-0.1, -0.05) is 0 Å². The van der Waals surface area contributed by atoms with E-state index in [1.807, 2.05) is 28.7 Å². The van der Waals surface area contributed by atoms with E-state index in [4.69, 9.17) is 5.26 Å². The third kappa shape index (κ3) is 3.40. The van der Waals surface area contributed by atoms with E-state index in [0.29, 0.717) is 9.13 Å². The summed E-state index contributed by atoms with van der Waals surface area (Å²) >= 11 is 1.99. The van der Waals surface area contributed by atoms with Gasteiger partial charge in [-0.15, -0.1) is 0 Å². The lowest BCUT2D eigenvalue weighted by Gasteiger charge is -2.23. The van der Waals surface area contributed by atoms with E-state index >= 15 is 0 Å². The number of nitrogens with zero attached hydrogens (tertiary/aromatic N) is 2. The van der Waals surface area contributed by atoms with Gasteiger partial charge < -0.3 is 4.90 Å². The molecule has 0 aliphatic heterocycles. The number of halogens is 2. The van der Waals surface area contributed by atoms with Crippen molar-refractivity contribution in [3.63, 3.8) is 0 Å². The van der Waals surface area contributed by atoms with Crippen molar-refractivity contribution in [2.45, 2.75) is 19.4 Å². The Morgan fingerprint density at radius 1 is 1.65 bits per heavy atom. The highest BCUT2D eigenvalue weighted by atomic mass is 127. The molecule has 0 N–H and O–H groups in total. The molecule has 0 aliphatic rings. The van der Waals surface area contributed by atoms with Crippen LogP contribution in [0.15, 0.2) is 18.2 Å². The molecular weight excluding hydrogens is 334 g/mol. The van der Waals surface area contributed by atoms with Gasteiger partial charge in [0.1, 0.15) is 5.82 Å². The average Bonchev–Trinajstić information content (AvgIpc) is 2.30. The van der Waals surface area contributed by atoms with Crippen LogP contribution < -0.4 is 0 Å². The molecule has 1 unspecified atom stereocenters. The van der Waals surface area contributed by atoms with Gasteiger partial charge in [-0.2, -0.15) is 5.26 Å². The number of hydrogen-bond donors (Lipinski definition) is 0. The zero-order valence-electron chi connectivity index (χ0n) is 9.58. The molecule has 1 amide bonds. The SMILES string of the molecule is CC(CC#N)N(C)C(=O)c1cc(F)ccc1I. The van der Waals surface area contributed by atoms with E-state index in [0.717, 1.165) is 0 Å². The summed E-state index contributed by atoms with van der Waals surface area (Å²) in [6.45, 7) is 1.79. The molecule has 5 heteroatoms. The van der Waals surface area contributed by atoms with Crippen LogP contribution >= 0.6 is 22.6 Å². The molecule has 1 rings (SSSR count). The van der Waals surface area contributed by atoms with E-state index in [1.54, 1.807) is 20.0 Å². The molecule has 0 radical (unpaired) electrons. The van der Waals surface area contributed by atoms with Gasteiger partial charge in [0.15, 0.2) is 0 Å². The van der Waals surface area contributed by atoms with Crippen LogP contribution in [0.5, 0.6) is 0 Å². The molecule has 0 aromatic heterocycles. The summed E-state index contributed by atoms with van der Waals surface area (Å²) in [5.41, 5.74) is 0.331. The number of nitriles is 1. The molecule has 17 heavy (non-hydrogen) atoms. The summed E-state index contributed by atoms with van der Waals surface area (Å²) in [6, 6.07) is 5.92. The van der Waals surface area contributed by atoms with Crippen molar-refractivity contribution in [1.82, 2.24) is 4.90 Å². The maximum Gasteiger partial charge on any atom is 0.255 e. The fourth-order valence-electron chi connectivity index (χ4n) is 1.32. The largest absolute Gasteiger partial charge is 0.338 e. The van der Waals surface area contributed by atoms with Crippen LogP contribution in [0, 0.1) is 20.7 Å². The minimum atomic E-state index is -0.435. The number of amides is 1. The lowest BCUT2D eigenvalue weighted by molar-refractivity contribution is 0.0744. The molecule has 0 saturated heterocycles. The van der Waals surface area contributed by atoms with E-state index in [-0.39, 0.29) is 18.4 Å². The Morgan fingerprint density at radius 2 is 2.29 bits per heavy atom. The highest BCUT2D eigenvalue weighted by molar-refractivity contribution is 14.1. The second-order valence-corrected chi connectivity index (χ2v) is 4.91. The number of hydrogen-bond acceptors (Lipinski definition) is 2.